The molecule has 84 valence electrons. The Labute approximate surface area is 90.3 Å². The second-order valence-corrected chi connectivity index (χ2v) is 3.23. The predicted octanol–water partition coefficient (Wildman–Crippen LogP) is 1.30. The lowest BCUT2D eigenvalue weighted by Gasteiger charge is -2.04. The summed E-state index contributed by atoms with van der Waals surface area (Å²) in [6.07, 6.45) is 2.46. The molecular formula is C11H18N2O2. The number of hydrogen-bond acceptors (Lipinski definition) is 4. The fourth-order valence-electron chi connectivity index (χ4n) is 1.18. The number of aromatic nitrogens is 1. The van der Waals surface area contributed by atoms with E-state index in [4.69, 9.17) is 9.84 Å². The third-order valence-corrected chi connectivity index (χ3v) is 1.96. The first-order chi connectivity index (χ1) is 7.33. The van der Waals surface area contributed by atoms with Gasteiger partial charge in [-0.15, -0.1) is 0 Å². The molecule has 0 fully saturated rings. The highest BCUT2D eigenvalue weighted by molar-refractivity contribution is 5.17. The highest BCUT2D eigenvalue weighted by atomic mass is 16.5. The Morgan fingerprint density at radius 2 is 2.33 bits per heavy atom. The number of rotatable bonds is 7. The molecule has 1 aromatic rings. The van der Waals surface area contributed by atoms with Crippen LogP contribution in [0.2, 0.25) is 0 Å². The Bertz CT molecular complexity index is 262. The van der Waals surface area contributed by atoms with E-state index in [2.05, 4.69) is 10.3 Å². The van der Waals surface area contributed by atoms with Crippen molar-refractivity contribution >= 4 is 0 Å². The number of nitrogens with zero attached hydrogens (tertiary/aromatic N) is 1. The van der Waals surface area contributed by atoms with Crippen molar-refractivity contribution in [3.63, 3.8) is 0 Å². The second-order valence-electron chi connectivity index (χ2n) is 3.23. The minimum Gasteiger partial charge on any atom is -0.506 e. The van der Waals surface area contributed by atoms with Crippen LogP contribution in [0.5, 0.6) is 5.75 Å². The summed E-state index contributed by atoms with van der Waals surface area (Å²) in [5.41, 5.74) is 0.934. The summed E-state index contributed by atoms with van der Waals surface area (Å²) in [6, 6.07) is 3.45. The molecule has 0 aliphatic rings. The van der Waals surface area contributed by atoms with E-state index in [9.17, 15) is 0 Å². The molecule has 4 heteroatoms. The third-order valence-electron chi connectivity index (χ3n) is 1.96. The molecule has 4 nitrogen and oxygen atoms in total. The highest BCUT2D eigenvalue weighted by Crippen LogP contribution is 2.05. The summed E-state index contributed by atoms with van der Waals surface area (Å²) < 4.78 is 5.21. The summed E-state index contributed by atoms with van der Waals surface area (Å²) in [4.78, 5) is 4.07. The van der Waals surface area contributed by atoms with Crippen molar-refractivity contribution in [3.05, 3.63) is 24.0 Å². The van der Waals surface area contributed by atoms with Crippen LogP contribution in [0, 0.1) is 0 Å². The summed E-state index contributed by atoms with van der Waals surface area (Å²) in [7, 11) is 0. The fraction of sp³-hybridized carbons (Fsp3) is 0.545. The summed E-state index contributed by atoms with van der Waals surface area (Å²) in [5.74, 6) is 0.204. The third kappa shape index (κ3) is 5.34. The number of nitrogens with one attached hydrogen (secondary N) is 1. The largest absolute Gasteiger partial charge is 0.506 e. The molecule has 0 aliphatic carbocycles. The van der Waals surface area contributed by atoms with Gasteiger partial charge in [0.1, 0.15) is 5.75 Å². The molecule has 0 spiro atoms. The van der Waals surface area contributed by atoms with Gasteiger partial charge < -0.3 is 15.2 Å². The zero-order valence-electron chi connectivity index (χ0n) is 9.07. The standard InChI is InChI=1S/C11H18N2O2/c1-2-15-7-3-6-12-8-10-4-5-11(14)9-13-10/h4-5,9,12,14H,2-3,6-8H2,1H3. The van der Waals surface area contributed by atoms with E-state index in [1.165, 1.54) is 6.20 Å². The summed E-state index contributed by atoms with van der Waals surface area (Å²) in [6.45, 7) is 5.22. The van der Waals surface area contributed by atoms with Gasteiger partial charge in [-0.1, -0.05) is 0 Å². The van der Waals surface area contributed by atoms with E-state index >= 15 is 0 Å². The Morgan fingerprint density at radius 1 is 1.47 bits per heavy atom. The number of hydrogen-bond donors (Lipinski definition) is 2. The van der Waals surface area contributed by atoms with E-state index in [1.807, 2.05) is 13.0 Å². The van der Waals surface area contributed by atoms with Gasteiger partial charge in [0.25, 0.3) is 0 Å². The van der Waals surface area contributed by atoms with Crippen LogP contribution in [0.3, 0.4) is 0 Å². The average Bonchev–Trinajstić information content (AvgIpc) is 2.26. The molecule has 1 aromatic heterocycles. The minimum absolute atomic E-state index is 0.204. The zero-order valence-corrected chi connectivity index (χ0v) is 9.07. The van der Waals surface area contributed by atoms with E-state index in [0.717, 1.165) is 38.4 Å². The highest BCUT2D eigenvalue weighted by Gasteiger charge is 1.94. The Morgan fingerprint density at radius 3 is 3.00 bits per heavy atom. The maximum Gasteiger partial charge on any atom is 0.133 e. The predicted molar refractivity (Wildman–Crippen MR) is 58.7 cm³/mol. The Balaban J connectivity index is 2.07. The van der Waals surface area contributed by atoms with Crippen LogP contribution >= 0.6 is 0 Å². The van der Waals surface area contributed by atoms with Gasteiger partial charge in [0.15, 0.2) is 0 Å². The molecule has 1 heterocycles. The van der Waals surface area contributed by atoms with E-state index in [0.29, 0.717) is 0 Å². The molecule has 0 radical (unpaired) electrons. The molecule has 0 amide bonds. The van der Waals surface area contributed by atoms with Crippen molar-refractivity contribution in [2.75, 3.05) is 19.8 Å². The average molecular weight is 210 g/mol. The van der Waals surface area contributed by atoms with E-state index in [1.54, 1.807) is 6.07 Å². The van der Waals surface area contributed by atoms with Gasteiger partial charge in [-0.25, -0.2) is 0 Å². The molecule has 15 heavy (non-hydrogen) atoms. The first-order valence-corrected chi connectivity index (χ1v) is 5.25. The van der Waals surface area contributed by atoms with Crippen LogP contribution in [0.15, 0.2) is 18.3 Å². The minimum atomic E-state index is 0.204. The topological polar surface area (TPSA) is 54.4 Å². The normalized spacial score (nSPS) is 10.5. The van der Waals surface area contributed by atoms with Crippen LogP contribution in [-0.4, -0.2) is 29.8 Å². The van der Waals surface area contributed by atoms with E-state index in [-0.39, 0.29) is 5.75 Å². The molecule has 0 bridgehead atoms. The molecule has 1 rings (SSSR count). The molecule has 0 unspecified atom stereocenters. The molecule has 0 aromatic carbocycles. The molecular weight excluding hydrogens is 192 g/mol. The first kappa shape index (κ1) is 11.9. The number of ether oxygens (including phenoxy) is 1. The maximum atomic E-state index is 9.03. The smallest absolute Gasteiger partial charge is 0.133 e. The number of pyridine rings is 1. The Hall–Kier alpha value is -1.13. The Kier molecular flexibility index (Phi) is 5.73. The van der Waals surface area contributed by atoms with Gasteiger partial charge >= 0.3 is 0 Å². The second kappa shape index (κ2) is 7.20. The van der Waals surface area contributed by atoms with Crippen LogP contribution in [-0.2, 0) is 11.3 Å². The fourth-order valence-corrected chi connectivity index (χ4v) is 1.18. The quantitative estimate of drug-likeness (QED) is 0.666. The van der Waals surface area contributed by atoms with Crippen molar-refractivity contribution in [1.82, 2.24) is 10.3 Å². The number of aromatic hydroxyl groups is 1. The zero-order chi connectivity index (χ0) is 10.9. The van der Waals surface area contributed by atoms with Gasteiger partial charge in [0.05, 0.1) is 11.9 Å². The van der Waals surface area contributed by atoms with Gasteiger partial charge in [0, 0.05) is 19.8 Å². The molecule has 0 atom stereocenters. The van der Waals surface area contributed by atoms with Crippen molar-refractivity contribution in [2.45, 2.75) is 19.9 Å². The van der Waals surface area contributed by atoms with Gasteiger partial charge in [-0.2, -0.15) is 0 Å². The van der Waals surface area contributed by atoms with Crippen molar-refractivity contribution in [2.24, 2.45) is 0 Å². The van der Waals surface area contributed by atoms with Crippen molar-refractivity contribution in [1.29, 1.82) is 0 Å². The molecule has 0 saturated carbocycles. The lowest BCUT2D eigenvalue weighted by atomic mass is 10.3. The SMILES string of the molecule is CCOCCCNCc1ccc(O)cn1. The molecule has 0 saturated heterocycles. The van der Waals surface area contributed by atoms with Crippen LogP contribution in [0.4, 0.5) is 0 Å². The van der Waals surface area contributed by atoms with Crippen molar-refractivity contribution in [3.8, 4) is 5.75 Å². The lowest BCUT2D eigenvalue weighted by Crippen LogP contribution is -2.17. The lowest BCUT2D eigenvalue weighted by molar-refractivity contribution is 0.144. The monoisotopic (exact) mass is 210 g/mol. The maximum absolute atomic E-state index is 9.03. The molecule has 0 aliphatic heterocycles. The molecule has 2 N–H and O–H groups in total. The van der Waals surface area contributed by atoms with Gasteiger partial charge in [-0.3, -0.25) is 4.98 Å². The van der Waals surface area contributed by atoms with Gasteiger partial charge in [-0.05, 0) is 32.0 Å². The summed E-state index contributed by atoms with van der Waals surface area (Å²) in [5, 5.41) is 12.3. The van der Waals surface area contributed by atoms with Crippen LogP contribution < -0.4 is 5.32 Å². The van der Waals surface area contributed by atoms with Crippen LogP contribution in [0.1, 0.15) is 19.0 Å². The van der Waals surface area contributed by atoms with E-state index < -0.39 is 0 Å². The van der Waals surface area contributed by atoms with Crippen LogP contribution in [0.25, 0.3) is 0 Å². The van der Waals surface area contributed by atoms with Crippen molar-refractivity contribution < 1.29 is 9.84 Å². The first-order valence-electron chi connectivity index (χ1n) is 5.25. The summed E-state index contributed by atoms with van der Waals surface area (Å²) >= 11 is 0. The van der Waals surface area contributed by atoms with Gasteiger partial charge in [0.2, 0.25) is 0 Å².